The Balaban J connectivity index is 1.54. The normalized spacial score (nSPS) is 14.1. The number of carbonyl (C=O) groups is 1. The van der Waals surface area contributed by atoms with Crippen molar-refractivity contribution in [2.24, 2.45) is 0 Å². The van der Waals surface area contributed by atoms with Crippen molar-refractivity contribution < 1.29 is 9.21 Å². The Kier molecular flexibility index (Phi) is 4.95. The van der Waals surface area contributed by atoms with Crippen molar-refractivity contribution in [2.75, 3.05) is 36.4 Å². The van der Waals surface area contributed by atoms with Gasteiger partial charge in [0.25, 0.3) is 5.91 Å². The van der Waals surface area contributed by atoms with E-state index in [0.29, 0.717) is 5.56 Å². The van der Waals surface area contributed by atoms with Gasteiger partial charge in [0.05, 0.1) is 23.9 Å². The summed E-state index contributed by atoms with van der Waals surface area (Å²) >= 11 is 0. The minimum Gasteiger partial charge on any atom is -0.472 e. The molecule has 4 aromatic rings. The minimum atomic E-state index is -0.104. The summed E-state index contributed by atoms with van der Waals surface area (Å²) in [5.41, 5.74) is 4.53. The van der Waals surface area contributed by atoms with Crippen LogP contribution in [0.5, 0.6) is 0 Å². The Morgan fingerprint density at radius 1 is 0.933 bits per heavy atom. The van der Waals surface area contributed by atoms with Gasteiger partial charge >= 0.3 is 0 Å². The largest absolute Gasteiger partial charge is 0.472 e. The Labute approximate surface area is 175 Å². The first-order valence-electron chi connectivity index (χ1n) is 10.2. The van der Waals surface area contributed by atoms with E-state index in [9.17, 15) is 4.79 Å². The molecular formula is C25H23N3O2. The topological polar surface area (TPSA) is 57.5 Å². The highest BCUT2D eigenvalue weighted by Gasteiger charge is 2.18. The zero-order chi connectivity index (χ0) is 20.3. The average molecular weight is 397 g/mol. The van der Waals surface area contributed by atoms with Crippen LogP contribution in [-0.4, -0.2) is 32.1 Å². The molecule has 2 heterocycles. The molecule has 0 radical (unpaired) electrons. The van der Waals surface area contributed by atoms with Crippen LogP contribution < -0.4 is 15.5 Å². The third-order valence-electron chi connectivity index (χ3n) is 5.59. The summed E-state index contributed by atoms with van der Waals surface area (Å²) in [5.74, 6) is -0.104. The quantitative estimate of drug-likeness (QED) is 0.521. The number of rotatable bonds is 4. The lowest BCUT2D eigenvalue weighted by molar-refractivity contribution is 0.102. The number of benzene rings is 3. The fraction of sp³-hybridized carbons (Fsp3) is 0.160. The number of fused-ring (bicyclic) bond motifs is 1. The predicted molar refractivity (Wildman–Crippen MR) is 121 cm³/mol. The number of hydrogen-bond acceptors (Lipinski definition) is 4. The molecule has 150 valence electrons. The third kappa shape index (κ3) is 3.55. The SMILES string of the molecule is O=C(Nc1cc(-c2ccoc2)ccc1N1CCNCC1)c1cccc2ccccc12. The number of carbonyl (C=O) groups excluding carboxylic acids is 1. The maximum atomic E-state index is 13.3. The van der Waals surface area contributed by atoms with Gasteiger partial charge in [0.1, 0.15) is 0 Å². The van der Waals surface area contributed by atoms with Gasteiger partial charge in [-0.2, -0.15) is 0 Å². The molecule has 5 nitrogen and oxygen atoms in total. The molecule has 0 unspecified atom stereocenters. The van der Waals surface area contributed by atoms with Crippen LogP contribution in [0.3, 0.4) is 0 Å². The number of nitrogens with zero attached hydrogens (tertiary/aromatic N) is 1. The maximum Gasteiger partial charge on any atom is 0.256 e. The van der Waals surface area contributed by atoms with Crippen LogP contribution in [0.25, 0.3) is 21.9 Å². The van der Waals surface area contributed by atoms with Crippen molar-refractivity contribution in [3.63, 3.8) is 0 Å². The first-order valence-corrected chi connectivity index (χ1v) is 10.2. The molecule has 0 aliphatic carbocycles. The van der Waals surface area contributed by atoms with E-state index >= 15 is 0 Å². The molecule has 1 amide bonds. The molecule has 3 aromatic carbocycles. The monoisotopic (exact) mass is 397 g/mol. The number of furan rings is 1. The summed E-state index contributed by atoms with van der Waals surface area (Å²) in [4.78, 5) is 15.6. The molecule has 5 heteroatoms. The van der Waals surface area contributed by atoms with Crippen LogP contribution >= 0.6 is 0 Å². The highest BCUT2D eigenvalue weighted by Crippen LogP contribution is 2.33. The number of hydrogen-bond donors (Lipinski definition) is 2. The van der Waals surface area contributed by atoms with E-state index in [0.717, 1.165) is 59.5 Å². The summed E-state index contributed by atoms with van der Waals surface area (Å²) in [6.07, 6.45) is 3.38. The van der Waals surface area contributed by atoms with Gasteiger partial charge < -0.3 is 20.0 Å². The molecule has 0 saturated carbocycles. The summed E-state index contributed by atoms with van der Waals surface area (Å²) in [6.45, 7) is 3.67. The molecule has 1 aliphatic heterocycles. The predicted octanol–water partition coefficient (Wildman–Crippen LogP) is 4.76. The smallest absolute Gasteiger partial charge is 0.256 e. The van der Waals surface area contributed by atoms with Crippen LogP contribution in [0, 0.1) is 0 Å². The maximum absolute atomic E-state index is 13.3. The van der Waals surface area contributed by atoms with E-state index < -0.39 is 0 Å². The van der Waals surface area contributed by atoms with Crippen molar-refractivity contribution in [1.82, 2.24) is 5.32 Å². The lowest BCUT2D eigenvalue weighted by Gasteiger charge is -2.31. The van der Waals surface area contributed by atoms with Gasteiger partial charge in [0.15, 0.2) is 0 Å². The van der Waals surface area contributed by atoms with Crippen molar-refractivity contribution >= 4 is 28.1 Å². The zero-order valence-corrected chi connectivity index (χ0v) is 16.6. The van der Waals surface area contributed by atoms with Gasteiger partial charge in [0.2, 0.25) is 0 Å². The van der Waals surface area contributed by atoms with E-state index in [1.807, 2.05) is 54.6 Å². The number of amides is 1. The molecule has 0 bridgehead atoms. The lowest BCUT2D eigenvalue weighted by Crippen LogP contribution is -2.43. The first-order chi connectivity index (χ1) is 14.8. The second-order valence-electron chi connectivity index (χ2n) is 7.46. The highest BCUT2D eigenvalue weighted by molar-refractivity contribution is 6.14. The lowest BCUT2D eigenvalue weighted by atomic mass is 10.0. The summed E-state index contributed by atoms with van der Waals surface area (Å²) < 4.78 is 5.25. The van der Waals surface area contributed by atoms with Crippen LogP contribution in [0.15, 0.2) is 83.7 Å². The molecule has 0 spiro atoms. The Hall–Kier alpha value is -3.57. The van der Waals surface area contributed by atoms with Gasteiger partial charge in [-0.25, -0.2) is 0 Å². The van der Waals surface area contributed by atoms with Crippen LogP contribution in [0.4, 0.5) is 11.4 Å². The molecule has 5 rings (SSSR count). The Bertz CT molecular complexity index is 1170. The van der Waals surface area contributed by atoms with Crippen molar-refractivity contribution in [1.29, 1.82) is 0 Å². The zero-order valence-electron chi connectivity index (χ0n) is 16.6. The van der Waals surface area contributed by atoms with E-state index in [4.69, 9.17) is 4.42 Å². The molecule has 1 aliphatic rings. The van der Waals surface area contributed by atoms with E-state index in [-0.39, 0.29) is 5.91 Å². The molecule has 1 aromatic heterocycles. The van der Waals surface area contributed by atoms with Gasteiger partial charge in [-0.05, 0) is 40.6 Å². The van der Waals surface area contributed by atoms with Crippen LogP contribution in [-0.2, 0) is 0 Å². The second kappa shape index (κ2) is 8.05. The fourth-order valence-corrected chi connectivity index (χ4v) is 4.04. The summed E-state index contributed by atoms with van der Waals surface area (Å²) in [6, 6.07) is 21.9. The summed E-state index contributed by atoms with van der Waals surface area (Å²) in [7, 11) is 0. The standard InChI is InChI=1S/C25H23N3O2/c29-25(22-7-3-5-18-4-1-2-6-21(18)22)27-23-16-19(20-10-15-30-17-20)8-9-24(23)28-13-11-26-12-14-28/h1-10,15-17,26H,11-14H2,(H,27,29). The molecule has 30 heavy (non-hydrogen) atoms. The Morgan fingerprint density at radius 3 is 2.60 bits per heavy atom. The van der Waals surface area contributed by atoms with E-state index in [1.54, 1.807) is 12.5 Å². The highest BCUT2D eigenvalue weighted by atomic mass is 16.3. The van der Waals surface area contributed by atoms with Gasteiger partial charge in [-0.3, -0.25) is 4.79 Å². The Morgan fingerprint density at radius 2 is 1.77 bits per heavy atom. The first kappa shape index (κ1) is 18.5. The number of piperazine rings is 1. The molecule has 1 fully saturated rings. The van der Waals surface area contributed by atoms with Crippen LogP contribution in [0.1, 0.15) is 10.4 Å². The van der Waals surface area contributed by atoms with E-state index in [2.05, 4.69) is 27.7 Å². The van der Waals surface area contributed by atoms with Crippen molar-refractivity contribution in [2.45, 2.75) is 0 Å². The summed E-state index contributed by atoms with van der Waals surface area (Å²) in [5, 5.41) is 8.58. The van der Waals surface area contributed by atoms with Crippen molar-refractivity contribution in [3.05, 3.63) is 84.8 Å². The third-order valence-corrected chi connectivity index (χ3v) is 5.59. The van der Waals surface area contributed by atoms with Gasteiger partial charge in [-0.15, -0.1) is 0 Å². The molecule has 2 N–H and O–H groups in total. The molecule has 0 atom stereocenters. The number of nitrogens with one attached hydrogen (secondary N) is 2. The van der Waals surface area contributed by atoms with Gasteiger partial charge in [-0.1, -0.05) is 42.5 Å². The second-order valence-corrected chi connectivity index (χ2v) is 7.46. The minimum absolute atomic E-state index is 0.104. The molecule has 1 saturated heterocycles. The molecular weight excluding hydrogens is 374 g/mol. The van der Waals surface area contributed by atoms with Gasteiger partial charge in [0, 0.05) is 37.3 Å². The number of anilines is 2. The van der Waals surface area contributed by atoms with E-state index in [1.165, 1.54) is 0 Å². The average Bonchev–Trinajstić information content (AvgIpc) is 3.34. The fourth-order valence-electron chi connectivity index (χ4n) is 4.04. The van der Waals surface area contributed by atoms with Crippen molar-refractivity contribution in [3.8, 4) is 11.1 Å². The van der Waals surface area contributed by atoms with Crippen LogP contribution in [0.2, 0.25) is 0 Å².